The van der Waals surface area contributed by atoms with Crippen molar-refractivity contribution >= 4 is 0 Å². The van der Waals surface area contributed by atoms with E-state index in [1.54, 1.807) is 0 Å². The summed E-state index contributed by atoms with van der Waals surface area (Å²) in [5, 5.41) is 7.21. The highest BCUT2D eigenvalue weighted by atomic mass is 16.5. The molecular weight excluding hydrogens is 210 g/mol. The second kappa shape index (κ2) is 5.93. The average molecular weight is 227 g/mol. The Morgan fingerprint density at radius 3 is 3.25 bits per heavy atom. The number of nitrogens with zero attached hydrogens (tertiary/aromatic N) is 2. The highest BCUT2D eigenvalue weighted by molar-refractivity contribution is 4.95. The van der Waals surface area contributed by atoms with Gasteiger partial charge in [-0.05, 0) is 6.92 Å². The smallest absolute Gasteiger partial charge is 0.229 e. The van der Waals surface area contributed by atoms with Gasteiger partial charge in [-0.25, -0.2) is 0 Å². The lowest BCUT2D eigenvalue weighted by Crippen LogP contribution is -2.35. The minimum atomic E-state index is 0.0540. The third-order valence-electron chi connectivity index (χ3n) is 2.38. The van der Waals surface area contributed by atoms with Crippen LogP contribution in [-0.4, -0.2) is 43.1 Å². The fourth-order valence-corrected chi connectivity index (χ4v) is 1.55. The lowest BCUT2D eigenvalue weighted by atomic mass is 10.2. The molecule has 1 aliphatic heterocycles. The van der Waals surface area contributed by atoms with Crippen molar-refractivity contribution in [1.82, 2.24) is 15.5 Å². The average Bonchev–Trinajstić information content (AvgIpc) is 2.79. The highest BCUT2D eigenvalue weighted by Gasteiger charge is 2.20. The molecule has 0 saturated carbocycles. The minimum absolute atomic E-state index is 0.0540. The first-order valence-electron chi connectivity index (χ1n) is 5.61. The fourth-order valence-electron chi connectivity index (χ4n) is 1.55. The van der Waals surface area contributed by atoms with E-state index in [9.17, 15) is 0 Å². The van der Waals surface area contributed by atoms with E-state index in [-0.39, 0.29) is 6.04 Å². The molecule has 2 heterocycles. The Hall–Kier alpha value is -0.980. The van der Waals surface area contributed by atoms with Crippen LogP contribution in [0.2, 0.25) is 0 Å². The van der Waals surface area contributed by atoms with Crippen molar-refractivity contribution in [3.05, 3.63) is 11.7 Å². The van der Waals surface area contributed by atoms with Crippen molar-refractivity contribution in [2.24, 2.45) is 0 Å². The maximum Gasteiger partial charge on any atom is 0.229 e. The molecule has 0 aromatic carbocycles. The van der Waals surface area contributed by atoms with Crippen molar-refractivity contribution in [1.29, 1.82) is 0 Å². The van der Waals surface area contributed by atoms with E-state index in [1.165, 1.54) is 0 Å². The molecule has 16 heavy (non-hydrogen) atoms. The predicted octanol–water partition coefficient (Wildman–Crippen LogP) is 0.310. The van der Waals surface area contributed by atoms with E-state index in [1.807, 2.05) is 6.92 Å². The Morgan fingerprint density at radius 2 is 2.50 bits per heavy atom. The van der Waals surface area contributed by atoms with Crippen molar-refractivity contribution in [2.75, 3.05) is 33.0 Å². The van der Waals surface area contributed by atoms with Gasteiger partial charge in [0.25, 0.3) is 0 Å². The number of hydrogen-bond donors (Lipinski definition) is 1. The van der Waals surface area contributed by atoms with Gasteiger partial charge in [0, 0.05) is 13.2 Å². The molecule has 1 fully saturated rings. The molecule has 1 aliphatic rings. The van der Waals surface area contributed by atoms with E-state index in [0.29, 0.717) is 38.0 Å². The van der Waals surface area contributed by atoms with Crippen LogP contribution in [0, 0.1) is 0 Å². The van der Waals surface area contributed by atoms with E-state index in [4.69, 9.17) is 14.0 Å². The summed E-state index contributed by atoms with van der Waals surface area (Å²) in [6.07, 6.45) is 0.661. The maximum atomic E-state index is 5.34. The number of nitrogens with one attached hydrogen (secondary N) is 1. The Kier molecular flexibility index (Phi) is 4.26. The number of hydrogen-bond acceptors (Lipinski definition) is 6. The van der Waals surface area contributed by atoms with E-state index < -0.39 is 0 Å². The van der Waals surface area contributed by atoms with Gasteiger partial charge in [-0.15, -0.1) is 0 Å². The van der Waals surface area contributed by atoms with Crippen molar-refractivity contribution in [3.63, 3.8) is 0 Å². The summed E-state index contributed by atoms with van der Waals surface area (Å²) in [5.74, 6) is 1.29. The normalized spacial score (nSPS) is 21.2. The summed E-state index contributed by atoms with van der Waals surface area (Å²) in [7, 11) is 0. The molecule has 2 rings (SSSR count). The molecule has 0 spiro atoms. The molecule has 0 radical (unpaired) electrons. The number of morpholine rings is 1. The van der Waals surface area contributed by atoms with E-state index in [2.05, 4.69) is 15.5 Å². The first-order chi connectivity index (χ1) is 7.90. The van der Waals surface area contributed by atoms with Crippen LogP contribution in [0.25, 0.3) is 0 Å². The Morgan fingerprint density at radius 1 is 1.56 bits per heavy atom. The topological polar surface area (TPSA) is 69.4 Å². The zero-order chi connectivity index (χ0) is 11.2. The molecule has 1 unspecified atom stereocenters. The van der Waals surface area contributed by atoms with Crippen molar-refractivity contribution in [2.45, 2.75) is 19.4 Å². The maximum absolute atomic E-state index is 5.34. The largest absolute Gasteiger partial charge is 0.381 e. The SMILES string of the molecule is CCOCCc1nc(C2COCCN2)no1. The second-order valence-corrected chi connectivity index (χ2v) is 3.57. The Balaban J connectivity index is 1.85. The first kappa shape index (κ1) is 11.5. The van der Waals surface area contributed by atoms with Gasteiger partial charge < -0.3 is 19.3 Å². The number of aromatic nitrogens is 2. The van der Waals surface area contributed by atoms with Crippen molar-refractivity contribution < 1.29 is 14.0 Å². The van der Waals surface area contributed by atoms with Crippen LogP contribution in [-0.2, 0) is 15.9 Å². The number of ether oxygens (including phenoxy) is 2. The molecule has 6 nitrogen and oxygen atoms in total. The Labute approximate surface area is 94.3 Å². The third kappa shape index (κ3) is 3.01. The third-order valence-corrected chi connectivity index (χ3v) is 2.38. The van der Waals surface area contributed by atoms with Gasteiger partial charge in [0.2, 0.25) is 5.89 Å². The Bertz CT molecular complexity index is 310. The van der Waals surface area contributed by atoms with Crippen LogP contribution >= 0.6 is 0 Å². The van der Waals surface area contributed by atoms with Gasteiger partial charge in [-0.3, -0.25) is 0 Å². The van der Waals surface area contributed by atoms with Crippen LogP contribution in [0.1, 0.15) is 24.7 Å². The zero-order valence-electron chi connectivity index (χ0n) is 9.44. The minimum Gasteiger partial charge on any atom is -0.381 e. The fraction of sp³-hybridized carbons (Fsp3) is 0.800. The summed E-state index contributed by atoms with van der Waals surface area (Å²) >= 11 is 0. The predicted molar refractivity (Wildman–Crippen MR) is 56.1 cm³/mol. The van der Waals surface area contributed by atoms with Crippen molar-refractivity contribution in [3.8, 4) is 0 Å². The van der Waals surface area contributed by atoms with Crippen LogP contribution in [0.5, 0.6) is 0 Å². The van der Waals surface area contributed by atoms with Gasteiger partial charge in [-0.1, -0.05) is 5.16 Å². The second-order valence-electron chi connectivity index (χ2n) is 3.57. The van der Waals surface area contributed by atoms with Crippen LogP contribution in [0.3, 0.4) is 0 Å². The molecule has 6 heteroatoms. The first-order valence-corrected chi connectivity index (χ1v) is 5.61. The number of rotatable bonds is 5. The summed E-state index contributed by atoms with van der Waals surface area (Å²) in [4.78, 5) is 4.31. The standard InChI is InChI=1S/C10H17N3O3/c1-2-14-5-3-9-12-10(13-16-9)8-7-15-6-4-11-8/h8,11H,2-7H2,1H3. The van der Waals surface area contributed by atoms with Crippen LogP contribution < -0.4 is 5.32 Å². The highest BCUT2D eigenvalue weighted by Crippen LogP contribution is 2.12. The lowest BCUT2D eigenvalue weighted by molar-refractivity contribution is 0.0734. The molecule has 0 amide bonds. The lowest BCUT2D eigenvalue weighted by Gasteiger charge is -2.20. The van der Waals surface area contributed by atoms with Gasteiger partial charge in [-0.2, -0.15) is 4.98 Å². The molecule has 1 aromatic heterocycles. The molecule has 0 aliphatic carbocycles. The van der Waals surface area contributed by atoms with Crippen LogP contribution in [0.15, 0.2) is 4.52 Å². The van der Waals surface area contributed by atoms with Gasteiger partial charge in [0.05, 0.1) is 32.3 Å². The van der Waals surface area contributed by atoms with E-state index in [0.717, 1.165) is 13.2 Å². The summed E-state index contributed by atoms with van der Waals surface area (Å²) < 4.78 is 15.7. The summed E-state index contributed by atoms with van der Waals surface area (Å²) in [6, 6.07) is 0.0540. The molecule has 1 N–H and O–H groups in total. The molecule has 1 saturated heterocycles. The van der Waals surface area contributed by atoms with E-state index >= 15 is 0 Å². The monoisotopic (exact) mass is 227 g/mol. The summed E-state index contributed by atoms with van der Waals surface area (Å²) in [5.41, 5.74) is 0. The molecule has 1 aromatic rings. The van der Waals surface area contributed by atoms with Gasteiger partial charge in [0.1, 0.15) is 0 Å². The zero-order valence-corrected chi connectivity index (χ0v) is 9.44. The van der Waals surface area contributed by atoms with Gasteiger partial charge in [0.15, 0.2) is 5.82 Å². The summed E-state index contributed by atoms with van der Waals surface area (Å²) in [6.45, 7) is 5.46. The molecule has 1 atom stereocenters. The van der Waals surface area contributed by atoms with Crippen LogP contribution in [0.4, 0.5) is 0 Å². The molecule has 0 bridgehead atoms. The quantitative estimate of drug-likeness (QED) is 0.730. The molecular formula is C10H17N3O3. The van der Waals surface area contributed by atoms with Gasteiger partial charge >= 0.3 is 0 Å². The molecule has 90 valence electrons.